The van der Waals surface area contributed by atoms with Crippen molar-refractivity contribution in [3.05, 3.63) is 82.6 Å². The van der Waals surface area contributed by atoms with Crippen LogP contribution in [0.15, 0.2) is 60.7 Å². The SMILES string of the molecule is Cc1nn(-c2ccccc2)c(C)c1CN(C)CC(=O)Nc1cc(-c2ccc(Cl)cc2)nn1C. The summed E-state index contributed by atoms with van der Waals surface area (Å²) in [6.45, 7) is 4.93. The van der Waals surface area contributed by atoms with Crippen molar-refractivity contribution in [3.63, 3.8) is 0 Å². The Morgan fingerprint density at radius 3 is 2.45 bits per heavy atom. The number of hydrogen-bond donors (Lipinski definition) is 1. The first kappa shape index (κ1) is 22.8. The summed E-state index contributed by atoms with van der Waals surface area (Å²) >= 11 is 5.97. The van der Waals surface area contributed by atoms with Gasteiger partial charge in [-0.3, -0.25) is 14.4 Å². The summed E-state index contributed by atoms with van der Waals surface area (Å²) in [6, 6.07) is 19.4. The van der Waals surface area contributed by atoms with E-state index in [1.54, 1.807) is 4.68 Å². The number of nitrogens with one attached hydrogen (secondary N) is 1. The Kier molecular flexibility index (Phi) is 6.62. The lowest BCUT2D eigenvalue weighted by molar-refractivity contribution is -0.117. The van der Waals surface area contributed by atoms with Crippen LogP contribution >= 0.6 is 11.6 Å². The fourth-order valence-corrected chi connectivity index (χ4v) is 3.95. The molecule has 33 heavy (non-hydrogen) atoms. The molecule has 0 radical (unpaired) electrons. The van der Waals surface area contributed by atoms with Crippen molar-refractivity contribution in [2.24, 2.45) is 7.05 Å². The number of aryl methyl sites for hydroxylation is 2. The van der Waals surface area contributed by atoms with Crippen molar-refractivity contribution in [3.8, 4) is 16.9 Å². The van der Waals surface area contributed by atoms with Crippen molar-refractivity contribution >= 4 is 23.3 Å². The van der Waals surface area contributed by atoms with E-state index in [1.807, 2.05) is 91.3 Å². The molecule has 0 aliphatic rings. The fourth-order valence-electron chi connectivity index (χ4n) is 3.82. The number of benzene rings is 2. The predicted molar refractivity (Wildman–Crippen MR) is 132 cm³/mol. The van der Waals surface area contributed by atoms with E-state index in [0.717, 1.165) is 33.9 Å². The van der Waals surface area contributed by atoms with Gasteiger partial charge in [0.15, 0.2) is 0 Å². The molecule has 8 heteroatoms. The molecule has 0 aliphatic heterocycles. The maximum atomic E-state index is 12.7. The summed E-state index contributed by atoms with van der Waals surface area (Å²) in [7, 11) is 3.74. The van der Waals surface area contributed by atoms with Crippen LogP contribution in [-0.4, -0.2) is 44.0 Å². The predicted octanol–water partition coefficient (Wildman–Crippen LogP) is 4.61. The van der Waals surface area contributed by atoms with Gasteiger partial charge in [-0.2, -0.15) is 10.2 Å². The van der Waals surface area contributed by atoms with Crippen LogP contribution in [0.25, 0.3) is 16.9 Å². The molecule has 2 aromatic carbocycles. The summed E-state index contributed by atoms with van der Waals surface area (Å²) in [5.74, 6) is 0.538. The van der Waals surface area contributed by atoms with E-state index in [9.17, 15) is 4.79 Å². The number of nitrogens with zero attached hydrogens (tertiary/aromatic N) is 5. The highest BCUT2D eigenvalue weighted by molar-refractivity contribution is 6.30. The standard InChI is InChI=1S/C25H27ClN6O/c1-17-22(18(2)32(28-17)21-8-6-5-7-9-21)15-30(3)16-25(33)27-24-14-23(29-31(24)4)19-10-12-20(26)13-11-19/h5-14H,15-16H2,1-4H3,(H,27,33). The molecule has 4 rings (SSSR count). The maximum Gasteiger partial charge on any atom is 0.239 e. The lowest BCUT2D eigenvalue weighted by Gasteiger charge is -2.16. The van der Waals surface area contributed by atoms with Gasteiger partial charge in [-0.25, -0.2) is 4.68 Å². The van der Waals surface area contributed by atoms with Crippen molar-refractivity contribution in [1.82, 2.24) is 24.5 Å². The van der Waals surface area contributed by atoms with Gasteiger partial charge in [-0.15, -0.1) is 0 Å². The van der Waals surface area contributed by atoms with Crippen LogP contribution < -0.4 is 5.32 Å². The quantitative estimate of drug-likeness (QED) is 0.435. The molecule has 0 saturated heterocycles. The maximum absolute atomic E-state index is 12.7. The first-order valence-electron chi connectivity index (χ1n) is 10.7. The second-order valence-electron chi connectivity index (χ2n) is 8.16. The van der Waals surface area contributed by atoms with E-state index >= 15 is 0 Å². The lowest BCUT2D eigenvalue weighted by Crippen LogP contribution is -2.30. The van der Waals surface area contributed by atoms with E-state index in [0.29, 0.717) is 17.4 Å². The molecule has 7 nitrogen and oxygen atoms in total. The molecule has 0 bridgehead atoms. The Morgan fingerprint density at radius 2 is 1.76 bits per heavy atom. The smallest absolute Gasteiger partial charge is 0.239 e. The van der Waals surface area contributed by atoms with Gasteiger partial charge in [0, 0.05) is 41.5 Å². The minimum Gasteiger partial charge on any atom is -0.310 e. The van der Waals surface area contributed by atoms with Gasteiger partial charge in [0.2, 0.25) is 5.91 Å². The largest absolute Gasteiger partial charge is 0.310 e. The molecular formula is C25H27ClN6O. The molecule has 1 N–H and O–H groups in total. The van der Waals surface area contributed by atoms with Crippen molar-refractivity contribution in [1.29, 1.82) is 0 Å². The third-order valence-electron chi connectivity index (χ3n) is 5.57. The molecule has 0 unspecified atom stereocenters. The summed E-state index contributed by atoms with van der Waals surface area (Å²) in [5.41, 5.74) is 5.90. The topological polar surface area (TPSA) is 68.0 Å². The van der Waals surface area contributed by atoms with E-state index in [4.69, 9.17) is 16.7 Å². The monoisotopic (exact) mass is 462 g/mol. The minimum atomic E-state index is -0.103. The highest BCUT2D eigenvalue weighted by Gasteiger charge is 2.17. The average molecular weight is 463 g/mol. The first-order chi connectivity index (χ1) is 15.8. The molecule has 1 amide bonds. The molecule has 0 fully saturated rings. The van der Waals surface area contributed by atoms with Crippen molar-refractivity contribution < 1.29 is 4.79 Å². The zero-order valence-electron chi connectivity index (χ0n) is 19.2. The highest BCUT2D eigenvalue weighted by atomic mass is 35.5. The number of anilines is 1. The van der Waals surface area contributed by atoms with E-state index in [-0.39, 0.29) is 12.5 Å². The minimum absolute atomic E-state index is 0.103. The summed E-state index contributed by atoms with van der Waals surface area (Å²) in [6.07, 6.45) is 0. The Balaban J connectivity index is 1.41. The Bertz CT molecular complexity index is 1260. The van der Waals surface area contributed by atoms with Crippen molar-refractivity contribution in [2.45, 2.75) is 20.4 Å². The van der Waals surface area contributed by atoms with Crippen LogP contribution in [-0.2, 0) is 18.4 Å². The van der Waals surface area contributed by atoms with Gasteiger partial charge in [-0.05, 0) is 45.2 Å². The van der Waals surface area contributed by atoms with E-state index in [2.05, 4.69) is 17.3 Å². The first-order valence-corrected chi connectivity index (χ1v) is 11.1. The number of aromatic nitrogens is 4. The average Bonchev–Trinajstić information content (AvgIpc) is 3.29. The van der Waals surface area contributed by atoms with Gasteiger partial charge in [0.05, 0.1) is 23.6 Å². The van der Waals surface area contributed by atoms with E-state index < -0.39 is 0 Å². The summed E-state index contributed by atoms with van der Waals surface area (Å²) in [5, 5.41) is 12.8. The Labute approximate surface area is 198 Å². The zero-order valence-corrected chi connectivity index (χ0v) is 20.0. The lowest BCUT2D eigenvalue weighted by atomic mass is 10.1. The second-order valence-corrected chi connectivity index (χ2v) is 8.60. The van der Waals surface area contributed by atoms with Crippen LogP contribution in [0.2, 0.25) is 5.02 Å². The Morgan fingerprint density at radius 1 is 1.06 bits per heavy atom. The number of carbonyl (C=O) groups is 1. The third-order valence-corrected chi connectivity index (χ3v) is 5.82. The number of rotatable bonds is 7. The normalized spacial score (nSPS) is 11.2. The molecule has 0 aliphatic carbocycles. The number of amides is 1. The van der Waals surface area contributed by atoms with Gasteiger partial charge >= 0.3 is 0 Å². The molecule has 0 spiro atoms. The van der Waals surface area contributed by atoms with Crippen molar-refractivity contribution in [2.75, 3.05) is 18.9 Å². The molecule has 170 valence electrons. The molecule has 0 atom stereocenters. The number of hydrogen-bond acceptors (Lipinski definition) is 4. The van der Waals surface area contributed by atoms with Gasteiger partial charge in [0.1, 0.15) is 5.82 Å². The molecule has 2 aromatic heterocycles. The van der Waals surface area contributed by atoms with Crippen LogP contribution in [0.4, 0.5) is 5.82 Å². The van der Waals surface area contributed by atoms with Crippen LogP contribution in [0.5, 0.6) is 0 Å². The van der Waals surface area contributed by atoms with E-state index in [1.165, 1.54) is 0 Å². The van der Waals surface area contributed by atoms with Gasteiger partial charge in [0.25, 0.3) is 0 Å². The van der Waals surface area contributed by atoms with Gasteiger partial charge in [-0.1, -0.05) is 41.9 Å². The van der Waals surface area contributed by atoms with Gasteiger partial charge < -0.3 is 5.32 Å². The van der Waals surface area contributed by atoms with Crippen LogP contribution in [0, 0.1) is 13.8 Å². The molecular weight excluding hydrogens is 436 g/mol. The Hall–Kier alpha value is -3.42. The molecule has 4 aromatic rings. The fraction of sp³-hybridized carbons (Fsp3) is 0.240. The highest BCUT2D eigenvalue weighted by Crippen LogP contribution is 2.23. The number of halogens is 1. The summed E-state index contributed by atoms with van der Waals surface area (Å²) in [4.78, 5) is 14.7. The second kappa shape index (κ2) is 9.60. The number of para-hydroxylation sites is 1. The zero-order chi connectivity index (χ0) is 23.5. The summed E-state index contributed by atoms with van der Waals surface area (Å²) < 4.78 is 3.62. The van der Waals surface area contributed by atoms with Crippen LogP contribution in [0.1, 0.15) is 17.0 Å². The third kappa shape index (κ3) is 5.16. The van der Waals surface area contributed by atoms with Crippen LogP contribution in [0.3, 0.4) is 0 Å². The number of likely N-dealkylation sites (N-methyl/N-ethyl adjacent to an activating group) is 1. The number of carbonyl (C=O) groups excluding carboxylic acids is 1. The molecule has 2 heterocycles. The molecule has 0 saturated carbocycles.